The van der Waals surface area contributed by atoms with Gasteiger partial charge in [0.1, 0.15) is 0 Å². The number of hydrogen-bond acceptors (Lipinski definition) is 1. The number of fused-ring (bicyclic) bond motifs is 2. The summed E-state index contributed by atoms with van der Waals surface area (Å²) < 4.78 is 0. The Morgan fingerprint density at radius 3 is 2.33 bits per heavy atom. The smallest absolute Gasteiger partial charge is 0.0188 e. The third-order valence-electron chi connectivity index (χ3n) is 4.30. The summed E-state index contributed by atoms with van der Waals surface area (Å²) in [4.78, 5) is 0. The molecule has 2 aliphatic carbocycles. The lowest BCUT2D eigenvalue weighted by Crippen LogP contribution is -2.50. The lowest BCUT2D eigenvalue weighted by atomic mass is 9.70. The standard InChI is InChI=1S/C11H21N/c1-7(2)10-8-4-5-9(6-8)11(10,3)12/h7-10H,4-6,12H2,1-3H3/t8-,9+,10-,11-/m0/s1. The van der Waals surface area contributed by atoms with Crippen molar-refractivity contribution in [3.63, 3.8) is 0 Å². The van der Waals surface area contributed by atoms with E-state index in [1.54, 1.807) is 0 Å². The van der Waals surface area contributed by atoms with Crippen LogP contribution in [0.3, 0.4) is 0 Å². The van der Waals surface area contributed by atoms with Crippen molar-refractivity contribution in [3.05, 3.63) is 0 Å². The van der Waals surface area contributed by atoms with Gasteiger partial charge in [-0.25, -0.2) is 0 Å². The van der Waals surface area contributed by atoms with Crippen molar-refractivity contribution in [3.8, 4) is 0 Å². The maximum atomic E-state index is 6.41. The summed E-state index contributed by atoms with van der Waals surface area (Å²) >= 11 is 0. The van der Waals surface area contributed by atoms with Crippen molar-refractivity contribution in [2.45, 2.75) is 45.6 Å². The van der Waals surface area contributed by atoms with Gasteiger partial charge in [0.2, 0.25) is 0 Å². The van der Waals surface area contributed by atoms with Crippen LogP contribution in [0.2, 0.25) is 0 Å². The Morgan fingerprint density at radius 1 is 1.33 bits per heavy atom. The van der Waals surface area contributed by atoms with E-state index in [2.05, 4.69) is 20.8 Å². The summed E-state index contributed by atoms with van der Waals surface area (Å²) in [6.07, 6.45) is 4.25. The molecule has 1 heteroatoms. The van der Waals surface area contributed by atoms with Crippen molar-refractivity contribution >= 4 is 0 Å². The lowest BCUT2D eigenvalue weighted by Gasteiger charge is -2.40. The van der Waals surface area contributed by atoms with Crippen molar-refractivity contribution in [1.29, 1.82) is 0 Å². The summed E-state index contributed by atoms with van der Waals surface area (Å²) in [7, 11) is 0. The summed E-state index contributed by atoms with van der Waals surface area (Å²) in [6.45, 7) is 6.94. The Labute approximate surface area is 75.7 Å². The highest BCUT2D eigenvalue weighted by Crippen LogP contribution is 2.55. The largest absolute Gasteiger partial charge is 0.325 e. The second kappa shape index (κ2) is 2.47. The van der Waals surface area contributed by atoms with Crippen LogP contribution in [0.4, 0.5) is 0 Å². The molecule has 0 aromatic rings. The van der Waals surface area contributed by atoms with Crippen LogP contribution < -0.4 is 5.73 Å². The van der Waals surface area contributed by atoms with Gasteiger partial charge >= 0.3 is 0 Å². The zero-order chi connectivity index (χ0) is 8.93. The number of rotatable bonds is 1. The number of hydrogen-bond donors (Lipinski definition) is 1. The Hall–Kier alpha value is -0.0400. The second-order valence-corrected chi connectivity index (χ2v) is 5.41. The van der Waals surface area contributed by atoms with E-state index in [9.17, 15) is 0 Å². The van der Waals surface area contributed by atoms with E-state index in [0.29, 0.717) is 0 Å². The lowest BCUT2D eigenvalue weighted by molar-refractivity contribution is 0.145. The van der Waals surface area contributed by atoms with Crippen molar-refractivity contribution in [1.82, 2.24) is 0 Å². The van der Waals surface area contributed by atoms with Crippen molar-refractivity contribution in [2.75, 3.05) is 0 Å². The molecule has 4 atom stereocenters. The van der Waals surface area contributed by atoms with Crippen LogP contribution in [0.15, 0.2) is 0 Å². The molecule has 2 fully saturated rings. The molecule has 2 saturated carbocycles. The van der Waals surface area contributed by atoms with Gasteiger partial charge in [0, 0.05) is 5.54 Å². The van der Waals surface area contributed by atoms with Gasteiger partial charge in [-0.3, -0.25) is 0 Å². The first-order chi connectivity index (χ1) is 5.53. The number of nitrogens with two attached hydrogens (primary N) is 1. The molecule has 12 heavy (non-hydrogen) atoms. The molecule has 70 valence electrons. The van der Waals surface area contributed by atoms with Crippen molar-refractivity contribution in [2.24, 2.45) is 29.4 Å². The first kappa shape index (κ1) is 8.55. The fourth-order valence-electron chi connectivity index (χ4n) is 3.95. The Balaban J connectivity index is 2.23. The molecule has 0 unspecified atom stereocenters. The summed E-state index contributed by atoms with van der Waals surface area (Å²) in [6, 6.07) is 0. The predicted molar refractivity (Wildman–Crippen MR) is 51.8 cm³/mol. The van der Waals surface area contributed by atoms with E-state index in [1.165, 1.54) is 19.3 Å². The third kappa shape index (κ3) is 0.953. The molecule has 0 spiro atoms. The monoisotopic (exact) mass is 167 g/mol. The van der Waals surface area contributed by atoms with Gasteiger partial charge < -0.3 is 5.73 Å². The highest BCUT2D eigenvalue weighted by Gasteiger charge is 2.53. The highest BCUT2D eigenvalue weighted by molar-refractivity contribution is 5.08. The Morgan fingerprint density at radius 2 is 2.00 bits per heavy atom. The molecule has 0 heterocycles. The molecule has 1 nitrogen and oxygen atoms in total. The second-order valence-electron chi connectivity index (χ2n) is 5.41. The first-order valence-electron chi connectivity index (χ1n) is 5.32. The average Bonchev–Trinajstić information content (AvgIpc) is 2.41. The van der Waals surface area contributed by atoms with Gasteiger partial charge in [0.05, 0.1) is 0 Å². The fraction of sp³-hybridized carbons (Fsp3) is 1.00. The summed E-state index contributed by atoms with van der Waals surface area (Å²) in [5.74, 6) is 3.34. The average molecular weight is 167 g/mol. The minimum Gasteiger partial charge on any atom is -0.325 e. The van der Waals surface area contributed by atoms with Crippen LogP contribution in [0.5, 0.6) is 0 Å². The maximum Gasteiger partial charge on any atom is 0.0188 e. The van der Waals surface area contributed by atoms with Crippen LogP contribution in [-0.4, -0.2) is 5.54 Å². The Bertz CT molecular complexity index is 183. The molecule has 0 aliphatic heterocycles. The van der Waals surface area contributed by atoms with E-state index >= 15 is 0 Å². The van der Waals surface area contributed by atoms with E-state index in [4.69, 9.17) is 5.73 Å². The van der Waals surface area contributed by atoms with Crippen LogP contribution in [0.25, 0.3) is 0 Å². The molecule has 2 N–H and O–H groups in total. The zero-order valence-corrected chi connectivity index (χ0v) is 8.51. The predicted octanol–water partition coefficient (Wildman–Crippen LogP) is 2.41. The topological polar surface area (TPSA) is 26.0 Å². The van der Waals surface area contributed by atoms with Crippen LogP contribution in [-0.2, 0) is 0 Å². The molecule has 0 saturated heterocycles. The van der Waals surface area contributed by atoms with Crippen LogP contribution in [0, 0.1) is 23.7 Å². The van der Waals surface area contributed by atoms with E-state index in [1.807, 2.05) is 0 Å². The molecular formula is C11H21N. The van der Waals surface area contributed by atoms with Gasteiger partial charge in [-0.15, -0.1) is 0 Å². The minimum atomic E-state index is 0.150. The summed E-state index contributed by atoms with van der Waals surface area (Å²) in [5, 5.41) is 0. The van der Waals surface area contributed by atoms with Gasteiger partial charge in [-0.1, -0.05) is 13.8 Å². The molecular weight excluding hydrogens is 146 g/mol. The minimum absolute atomic E-state index is 0.150. The molecule has 0 aromatic carbocycles. The molecule has 2 bridgehead atoms. The van der Waals surface area contributed by atoms with Gasteiger partial charge in [-0.05, 0) is 49.9 Å². The summed E-state index contributed by atoms with van der Waals surface area (Å²) in [5.41, 5.74) is 6.56. The fourth-order valence-corrected chi connectivity index (χ4v) is 3.95. The zero-order valence-electron chi connectivity index (χ0n) is 8.51. The Kier molecular flexibility index (Phi) is 1.76. The molecule has 2 rings (SSSR count). The molecule has 0 aromatic heterocycles. The SMILES string of the molecule is CC(C)[C@H]1[C@H]2CC[C@H](C2)[C@]1(C)N. The maximum absolute atomic E-state index is 6.41. The third-order valence-corrected chi connectivity index (χ3v) is 4.30. The van der Waals surface area contributed by atoms with Crippen LogP contribution >= 0.6 is 0 Å². The molecule has 2 aliphatic rings. The van der Waals surface area contributed by atoms with Gasteiger partial charge in [0.25, 0.3) is 0 Å². The van der Waals surface area contributed by atoms with E-state index in [-0.39, 0.29) is 5.54 Å². The highest BCUT2D eigenvalue weighted by atomic mass is 14.8. The van der Waals surface area contributed by atoms with Crippen LogP contribution in [0.1, 0.15) is 40.0 Å². The molecule has 0 radical (unpaired) electrons. The quantitative estimate of drug-likeness (QED) is 0.637. The van der Waals surface area contributed by atoms with E-state index in [0.717, 1.165) is 23.7 Å². The molecule has 0 amide bonds. The van der Waals surface area contributed by atoms with E-state index < -0.39 is 0 Å². The van der Waals surface area contributed by atoms with Gasteiger partial charge in [0.15, 0.2) is 0 Å². The van der Waals surface area contributed by atoms with Gasteiger partial charge in [-0.2, -0.15) is 0 Å². The van der Waals surface area contributed by atoms with Crippen molar-refractivity contribution < 1.29 is 0 Å². The first-order valence-corrected chi connectivity index (χ1v) is 5.32. The normalized spacial score (nSPS) is 52.2.